The van der Waals surface area contributed by atoms with Crippen molar-refractivity contribution in [3.63, 3.8) is 0 Å². The van der Waals surface area contributed by atoms with E-state index in [1.165, 1.54) is 11.8 Å². The van der Waals surface area contributed by atoms with Crippen molar-refractivity contribution in [1.29, 1.82) is 0 Å². The van der Waals surface area contributed by atoms with E-state index in [-0.39, 0.29) is 23.3 Å². The van der Waals surface area contributed by atoms with Crippen molar-refractivity contribution in [1.82, 2.24) is 25.2 Å². The Kier molecular flexibility index (Phi) is 9.03. The summed E-state index contributed by atoms with van der Waals surface area (Å²) in [5.41, 5.74) is 2.92. The highest BCUT2D eigenvalue weighted by Crippen LogP contribution is 2.30. The fourth-order valence-electron chi connectivity index (χ4n) is 4.94. The number of carbonyl (C=O) groups is 2. The highest BCUT2D eigenvalue weighted by atomic mass is 32.2. The van der Waals surface area contributed by atoms with E-state index >= 15 is 0 Å². The van der Waals surface area contributed by atoms with Crippen LogP contribution in [-0.4, -0.2) is 44.7 Å². The number of rotatable bonds is 9. The number of unbranched alkanes of at least 4 members (excludes halogenated alkanes) is 1. The van der Waals surface area contributed by atoms with Gasteiger partial charge in [0.1, 0.15) is 0 Å². The first-order valence-electron chi connectivity index (χ1n) is 13.8. The van der Waals surface area contributed by atoms with Gasteiger partial charge in [-0.2, -0.15) is 0 Å². The third kappa shape index (κ3) is 6.32. The molecule has 2 N–H and O–H groups in total. The van der Waals surface area contributed by atoms with Gasteiger partial charge in [0, 0.05) is 18.3 Å². The smallest absolute Gasteiger partial charge is 0.266 e. The van der Waals surface area contributed by atoms with Gasteiger partial charge in [-0.15, -0.1) is 0 Å². The number of piperidine rings is 1. The average molecular weight is 556 g/mol. The summed E-state index contributed by atoms with van der Waals surface area (Å²) in [5.74, 6) is -0.723. The van der Waals surface area contributed by atoms with Crippen molar-refractivity contribution < 1.29 is 9.59 Å². The summed E-state index contributed by atoms with van der Waals surface area (Å²) in [5, 5.41) is 6.26. The van der Waals surface area contributed by atoms with E-state index in [0.717, 1.165) is 37.1 Å². The average Bonchev–Trinajstić information content (AvgIpc) is 3.00. The minimum atomic E-state index is -0.576. The topological polar surface area (TPSA) is 106 Å². The summed E-state index contributed by atoms with van der Waals surface area (Å²) < 4.78 is 1.58. The predicted molar refractivity (Wildman–Crippen MR) is 158 cm³/mol. The molecule has 0 spiro atoms. The van der Waals surface area contributed by atoms with Gasteiger partial charge in [0.2, 0.25) is 11.8 Å². The lowest BCUT2D eigenvalue weighted by molar-refractivity contribution is -0.133. The molecule has 3 heterocycles. The van der Waals surface area contributed by atoms with Crippen LogP contribution in [-0.2, 0) is 9.59 Å². The quantitative estimate of drug-likeness (QED) is 0.227. The molecule has 0 saturated carbocycles. The largest absolute Gasteiger partial charge is 0.317 e. The first kappa shape index (κ1) is 27.7. The summed E-state index contributed by atoms with van der Waals surface area (Å²) in [6, 6.07) is 18.8. The number of carbonyl (C=O) groups excluding carboxylic acids is 2. The molecular weight excluding hydrogens is 522 g/mol. The molecule has 0 radical (unpaired) electrons. The summed E-state index contributed by atoms with van der Waals surface area (Å²) >= 11 is 1.24. The maximum absolute atomic E-state index is 13.9. The second-order valence-corrected chi connectivity index (χ2v) is 11.1. The Morgan fingerprint density at radius 2 is 1.82 bits per heavy atom. The Morgan fingerprint density at radius 3 is 2.60 bits per heavy atom. The van der Waals surface area contributed by atoms with Gasteiger partial charge in [-0.25, -0.2) is 4.98 Å². The van der Waals surface area contributed by atoms with Crippen LogP contribution in [0.15, 0.2) is 83.0 Å². The van der Waals surface area contributed by atoms with Crippen molar-refractivity contribution in [2.24, 2.45) is 5.92 Å². The lowest BCUT2D eigenvalue weighted by Crippen LogP contribution is -2.44. The molecule has 1 atom stereocenters. The standard InChI is InChI=1S/C31H33N5O3S/c1-2-3-11-27(29(38)35-28(37)22-14-18-33-19-15-22)40-31-34-26-10-5-4-9-25(26)30(39)36(31)24-8-6-7-23(20-24)21-12-16-32-17-13-21/h4-10,12-13,16-17,20,22,27,33H,2-3,11,14-15,18-19H2,1H3,(H,35,37,38). The molecule has 1 unspecified atom stereocenters. The van der Waals surface area contributed by atoms with E-state index in [9.17, 15) is 14.4 Å². The number of nitrogens with zero attached hydrogens (tertiary/aromatic N) is 3. The van der Waals surface area contributed by atoms with Gasteiger partial charge in [-0.1, -0.05) is 55.8 Å². The third-order valence-corrected chi connectivity index (χ3v) is 8.40. The van der Waals surface area contributed by atoms with Gasteiger partial charge in [0.25, 0.3) is 5.56 Å². The molecule has 1 aliphatic rings. The van der Waals surface area contributed by atoms with E-state index in [1.54, 1.807) is 29.1 Å². The molecule has 1 saturated heterocycles. The summed E-state index contributed by atoms with van der Waals surface area (Å²) in [6.45, 7) is 3.60. The zero-order chi connectivity index (χ0) is 27.9. The van der Waals surface area contributed by atoms with Crippen LogP contribution in [0.3, 0.4) is 0 Å². The molecule has 2 aromatic heterocycles. The Hall–Kier alpha value is -3.82. The van der Waals surface area contributed by atoms with Crippen LogP contribution in [0.4, 0.5) is 0 Å². The number of imide groups is 1. The van der Waals surface area contributed by atoms with E-state index < -0.39 is 5.25 Å². The molecule has 1 fully saturated rings. The number of nitrogens with one attached hydrogen (secondary N) is 2. The number of amides is 2. The van der Waals surface area contributed by atoms with Crippen LogP contribution >= 0.6 is 11.8 Å². The van der Waals surface area contributed by atoms with Crippen LogP contribution in [0.25, 0.3) is 27.7 Å². The van der Waals surface area contributed by atoms with Crippen LogP contribution in [0, 0.1) is 5.92 Å². The third-order valence-electron chi connectivity index (χ3n) is 7.18. The van der Waals surface area contributed by atoms with Crippen LogP contribution in [0.5, 0.6) is 0 Å². The molecule has 0 aliphatic carbocycles. The highest BCUT2D eigenvalue weighted by Gasteiger charge is 2.28. The molecule has 9 heteroatoms. The summed E-state index contributed by atoms with van der Waals surface area (Å²) in [6.07, 6.45) is 7.16. The molecule has 5 rings (SSSR count). The predicted octanol–water partition coefficient (Wildman–Crippen LogP) is 4.74. The molecule has 8 nitrogen and oxygen atoms in total. The lowest BCUT2D eigenvalue weighted by Gasteiger charge is -2.23. The minimum Gasteiger partial charge on any atom is -0.317 e. The number of thioether (sulfide) groups is 1. The molecule has 40 heavy (non-hydrogen) atoms. The van der Waals surface area contributed by atoms with Crippen molar-refractivity contribution in [2.75, 3.05) is 13.1 Å². The highest BCUT2D eigenvalue weighted by molar-refractivity contribution is 8.00. The Balaban J connectivity index is 1.53. The minimum absolute atomic E-state index is 0.171. The van der Waals surface area contributed by atoms with Crippen LogP contribution in [0.1, 0.15) is 39.0 Å². The van der Waals surface area contributed by atoms with Gasteiger partial charge < -0.3 is 5.32 Å². The number of aromatic nitrogens is 3. The normalized spacial score (nSPS) is 14.6. The number of fused-ring (bicyclic) bond motifs is 1. The van der Waals surface area contributed by atoms with Gasteiger partial charge in [0.15, 0.2) is 5.16 Å². The number of para-hydroxylation sites is 1. The summed E-state index contributed by atoms with van der Waals surface area (Å²) in [4.78, 5) is 49.2. The second-order valence-electron chi connectivity index (χ2n) is 9.96. The molecule has 206 valence electrons. The SMILES string of the molecule is CCCCC(Sc1nc2ccccc2c(=O)n1-c1cccc(-c2ccncc2)c1)C(=O)NC(=O)C1CCNCC1. The monoisotopic (exact) mass is 555 g/mol. The Bertz CT molecular complexity index is 1550. The number of benzene rings is 2. The first-order valence-corrected chi connectivity index (χ1v) is 14.7. The van der Waals surface area contributed by atoms with E-state index in [4.69, 9.17) is 4.98 Å². The first-order chi connectivity index (χ1) is 19.5. The van der Waals surface area contributed by atoms with Gasteiger partial charge in [0.05, 0.1) is 21.8 Å². The van der Waals surface area contributed by atoms with Crippen molar-refractivity contribution in [3.8, 4) is 16.8 Å². The van der Waals surface area contributed by atoms with E-state index in [0.29, 0.717) is 41.0 Å². The molecule has 2 aromatic carbocycles. The maximum atomic E-state index is 13.9. The van der Waals surface area contributed by atoms with Crippen LogP contribution in [0.2, 0.25) is 0 Å². The number of hydrogen-bond acceptors (Lipinski definition) is 7. The molecule has 4 aromatic rings. The van der Waals surface area contributed by atoms with Crippen molar-refractivity contribution in [2.45, 2.75) is 49.4 Å². The van der Waals surface area contributed by atoms with Gasteiger partial charge >= 0.3 is 0 Å². The van der Waals surface area contributed by atoms with Crippen LogP contribution < -0.4 is 16.2 Å². The number of pyridine rings is 1. The fourth-order valence-corrected chi connectivity index (χ4v) is 6.09. The molecule has 2 amide bonds. The maximum Gasteiger partial charge on any atom is 0.266 e. The fraction of sp³-hybridized carbons (Fsp3) is 0.323. The van der Waals surface area contributed by atoms with Gasteiger partial charge in [-0.3, -0.25) is 29.3 Å². The zero-order valence-corrected chi connectivity index (χ0v) is 23.3. The second kappa shape index (κ2) is 13.0. The Labute approximate surface area is 237 Å². The number of hydrogen-bond donors (Lipinski definition) is 2. The van der Waals surface area contributed by atoms with E-state index in [2.05, 4.69) is 22.5 Å². The van der Waals surface area contributed by atoms with Crippen molar-refractivity contribution >= 4 is 34.5 Å². The van der Waals surface area contributed by atoms with E-state index in [1.807, 2.05) is 48.5 Å². The van der Waals surface area contributed by atoms with Crippen molar-refractivity contribution in [3.05, 3.63) is 83.4 Å². The lowest BCUT2D eigenvalue weighted by atomic mass is 9.97. The van der Waals surface area contributed by atoms with Gasteiger partial charge in [-0.05, 0) is 79.9 Å². The molecule has 0 bridgehead atoms. The summed E-state index contributed by atoms with van der Waals surface area (Å²) in [7, 11) is 0. The molecular formula is C31H33N5O3S. The Morgan fingerprint density at radius 1 is 1.05 bits per heavy atom. The molecule has 1 aliphatic heterocycles. The zero-order valence-electron chi connectivity index (χ0n) is 22.5.